The van der Waals surface area contributed by atoms with Crippen molar-refractivity contribution in [3.8, 4) is 0 Å². The average molecular weight is 613 g/mol. The van der Waals surface area contributed by atoms with Gasteiger partial charge in [0.15, 0.2) is 27.3 Å². The molecule has 0 saturated carbocycles. The molecule has 1 aliphatic rings. The number of aromatic nitrogens is 4. The number of thiazole rings is 1. The van der Waals surface area contributed by atoms with E-state index in [1.54, 1.807) is 24.0 Å². The zero-order valence-corrected chi connectivity index (χ0v) is 25.1. The normalized spacial score (nSPS) is 15.8. The molecule has 13 nitrogen and oxygen atoms in total. The highest BCUT2D eigenvalue weighted by atomic mass is 32.2. The van der Waals surface area contributed by atoms with Crippen molar-refractivity contribution >= 4 is 54.1 Å². The Bertz CT molecular complexity index is 1680. The molecule has 1 aliphatic heterocycles. The fourth-order valence-electron chi connectivity index (χ4n) is 4.21. The lowest BCUT2D eigenvalue weighted by molar-refractivity contribution is -0.110. The number of hydrogen-bond acceptors (Lipinski definition) is 12. The summed E-state index contributed by atoms with van der Waals surface area (Å²) >= 11 is 1.23. The SMILES string of the molecule is CN(C)CCNc1ccc2nc(NC(=O)C(=NOCc3ccn(C)n3)c3ccc(S(=O)(=O)[C@H]4CCOC4)cc3)sc2n1. The molecule has 0 spiro atoms. The second-order valence-corrected chi connectivity index (χ2v) is 13.2. The van der Waals surface area contributed by atoms with E-state index in [9.17, 15) is 13.2 Å². The molecule has 0 unspecified atom stereocenters. The summed E-state index contributed by atoms with van der Waals surface area (Å²) in [6, 6.07) is 11.5. The number of ether oxygens (including phenoxy) is 1. The number of nitrogens with one attached hydrogen (secondary N) is 2. The Kier molecular flexibility index (Phi) is 9.11. The van der Waals surface area contributed by atoms with Gasteiger partial charge >= 0.3 is 0 Å². The Morgan fingerprint density at radius 2 is 2.00 bits per heavy atom. The first-order chi connectivity index (χ1) is 20.2. The Morgan fingerprint density at radius 3 is 2.69 bits per heavy atom. The summed E-state index contributed by atoms with van der Waals surface area (Å²) in [6.07, 6.45) is 2.22. The van der Waals surface area contributed by atoms with Gasteiger partial charge in [-0.1, -0.05) is 28.6 Å². The number of nitrogens with zero attached hydrogens (tertiary/aromatic N) is 6. The number of rotatable bonds is 12. The van der Waals surface area contributed by atoms with E-state index in [0.29, 0.717) is 39.8 Å². The van der Waals surface area contributed by atoms with Crippen molar-refractivity contribution in [2.24, 2.45) is 12.2 Å². The van der Waals surface area contributed by atoms with Crippen LogP contribution in [0.1, 0.15) is 17.7 Å². The summed E-state index contributed by atoms with van der Waals surface area (Å²) < 4.78 is 32.8. The summed E-state index contributed by atoms with van der Waals surface area (Å²) in [7, 11) is 2.23. The maximum Gasteiger partial charge on any atom is 0.280 e. The zero-order chi connectivity index (χ0) is 29.7. The van der Waals surface area contributed by atoms with Gasteiger partial charge in [-0.3, -0.25) is 14.8 Å². The second-order valence-electron chi connectivity index (χ2n) is 9.97. The molecular formula is C27H32N8O5S2. The van der Waals surface area contributed by atoms with Crippen LogP contribution >= 0.6 is 11.3 Å². The van der Waals surface area contributed by atoms with Crippen molar-refractivity contribution < 1.29 is 22.8 Å². The van der Waals surface area contributed by atoms with Crippen LogP contribution in [-0.2, 0) is 37.9 Å². The fourth-order valence-corrected chi connectivity index (χ4v) is 6.63. The lowest BCUT2D eigenvalue weighted by Gasteiger charge is -2.11. The minimum absolute atomic E-state index is 0.0421. The molecule has 4 heterocycles. The van der Waals surface area contributed by atoms with Crippen molar-refractivity contribution in [1.82, 2.24) is 24.6 Å². The largest absolute Gasteiger partial charge is 0.389 e. The molecule has 1 aromatic carbocycles. The predicted octanol–water partition coefficient (Wildman–Crippen LogP) is 2.52. The molecule has 4 aromatic rings. The molecule has 222 valence electrons. The lowest BCUT2D eigenvalue weighted by Crippen LogP contribution is -2.25. The predicted molar refractivity (Wildman–Crippen MR) is 160 cm³/mol. The van der Waals surface area contributed by atoms with Gasteiger partial charge in [-0.25, -0.2) is 18.4 Å². The molecule has 42 heavy (non-hydrogen) atoms. The molecule has 15 heteroatoms. The number of likely N-dealkylation sites (N-methyl/N-ethyl adjacent to an activating group) is 1. The van der Waals surface area contributed by atoms with E-state index in [-0.39, 0.29) is 23.8 Å². The molecule has 0 radical (unpaired) electrons. The number of aryl methyl sites for hydroxylation is 1. The van der Waals surface area contributed by atoms with Crippen LogP contribution < -0.4 is 10.6 Å². The van der Waals surface area contributed by atoms with Crippen LogP contribution in [0.25, 0.3) is 10.3 Å². The third-order valence-corrected chi connectivity index (χ3v) is 9.54. The van der Waals surface area contributed by atoms with Crippen LogP contribution in [0.4, 0.5) is 10.9 Å². The molecule has 0 aliphatic carbocycles. The highest BCUT2D eigenvalue weighted by Crippen LogP contribution is 2.26. The van der Waals surface area contributed by atoms with Gasteiger partial charge in [0.25, 0.3) is 5.91 Å². The maximum atomic E-state index is 13.5. The Labute approximate surface area is 247 Å². The Balaban J connectivity index is 1.35. The molecule has 5 rings (SSSR count). The van der Waals surface area contributed by atoms with Crippen LogP contribution in [0.5, 0.6) is 0 Å². The van der Waals surface area contributed by atoms with E-state index in [2.05, 4.69) is 35.8 Å². The molecule has 1 atom stereocenters. The molecule has 0 bridgehead atoms. The number of benzene rings is 1. The molecule has 1 saturated heterocycles. The van der Waals surface area contributed by atoms with E-state index < -0.39 is 21.0 Å². The third-order valence-electron chi connectivity index (χ3n) is 6.48. The van der Waals surface area contributed by atoms with Crippen molar-refractivity contribution in [2.75, 3.05) is 51.0 Å². The van der Waals surface area contributed by atoms with Crippen LogP contribution in [0.2, 0.25) is 0 Å². The number of anilines is 2. The van der Waals surface area contributed by atoms with Gasteiger partial charge in [0, 0.05) is 38.5 Å². The van der Waals surface area contributed by atoms with E-state index in [4.69, 9.17) is 9.57 Å². The van der Waals surface area contributed by atoms with Gasteiger partial charge in [0.05, 0.1) is 16.8 Å². The van der Waals surface area contributed by atoms with Crippen molar-refractivity contribution in [2.45, 2.75) is 23.2 Å². The van der Waals surface area contributed by atoms with Gasteiger partial charge in [0.1, 0.15) is 21.9 Å². The molecule has 1 fully saturated rings. The fraction of sp³-hybridized carbons (Fsp3) is 0.370. The van der Waals surface area contributed by atoms with Gasteiger partial charge in [-0.15, -0.1) is 0 Å². The average Bonchev–Trinajstić information content (AvgIpc) is 3.72. The smallest absolute Gasteiger partial charge is 0.280 e. The summed E-state index contributed by atoms with van der Waals surface area (Å²) in [6.45, 7) is 2.23. The standard InChI is InChI=1S/C27H32N8O5S2/c1-34(2)14-12-28-23-9-8-22-26(30-23)41-27(29-22)31-25(36)24(33-40-16-19-10-13-35(3)32-19)18-4-6-20(7-5-18)42(37,38)21-11-15-39-17-21/h4-10,13,21H,11-12,14-17H2,1-3H3,(H,28,30)(H,29,31,36)/t21-/m0/s1. The second kappa shape index (κ2) is 12.9. The summed E-state index contributed by atoms with van der Waals surface area (Å²) in [5.74, 6) is 0.148. The minimum Gasteiger partial charge on any atom is -0.389 e. The van der Waals surface area contributed by atoms with Crippen molar-refractivity contribution in [1.29, 1.82) is 0 Å². The van der Waals surface area contributed by atoms with Gasteiger partial charge < -0.3 is 19.8 Å². The van der Waals surface area contributed by atoms with Crippen LogP contribution in [0.3, 0.4) is 0 Å². The van der Waals surface area contributed by atoms with E-state index in [1.807, 2.05) is 26.2 Å². The number of carbonyl (C=O) groups is 1. The number of sulfone groups is 1. The first-order valence-electron chi connectivity index (χ1n) is 13.3. The monoisotopic (exact) mass is 612 g/mol. The molecule has 3 aromatic heterocycles. The lowest BCUT2D eigenvalue weighted by atomic mass is 10.1. The van der Waals surface area contributed by atoms with Crippen LogP contribution in [0.15, 0.2) is 58.7 Å². The maximum absolute atomic E-state index is 13.5. The quantitative estimate of drug-likeness (QED) is 0.180. The third kappa shape index (κ3) is 7.10. The number of amides is 1. The number of oxime groups is 1. The number of pyridine rings is 1. The number of fused-ring (bicyclic) bond motifs is 1. The number of hydrogen-bond donors (Lipinski definition) is 2. The van der Waals surface area contributed by atoms with Crippen LogP contribution in [0, 0.1) is 0 Å². The van der Waals surface area contributed by atoms with Crippen LogP contribution in [-0.4, -0.2) is 90.3 Å². The zero-order valence-electron chi connectivity index (χ0n) is 23.5. The van der Waals surface area contributed by atoms with Gasteiger partial charge in [-0.05, 0) is 50.8 Å². The Morgan fingerprint density at radius 1 is 1.19 bits per heavy atom. The molecular weight excluding hydrogens is 580 g/mol. The molecule has 2 N–H and O–H groups in total. The summed E-state index contributed by atoms with van der Waals surface area (Å²) in [5, 5.41) is 14.2. The van der Waals surface area contributed by atoms with Gasteiger partial charge in [0.2, 0.25) is 0 Å². The van der Waals surface area contributed by atoms with Crippen molar-refractivity contribution in [3.05, 3.63) is 59.9 Å². The highest BCUT2D eigenvalue weighted by Gasteiger charge is 2.31. The van der Waals surface area contributed by atoms with E-state index in [1.165, 1.54) is 35.6 Å². The summed E-state index contributed by atoms with van der Waals surface area (Å²) in [4.78, 5) is 30.9. The van der Waals surface area contributed by atoms with E-state index >= 15 is 0 Å². The molecule has 1 amide bonds. The highest BCUT2D eigenvalue weighted by molar-refractivity contribution is 7.92. The summed E-state index contributed by atoms with van der Waals surface area (Å²) in [5.41, 5.74) is 1.61. The topological polar surface area (TPSA) is 153 Å². The van der Waals surface area contributed by atoms with E-state index in [0.717, 1.165) is 18.9 Å². The minimum atomic E-state index is -3.56. The van der Waals surface area contributed by atoms with Gasteiger partial charge in [-0.2, -0.15) is 5.10 Å². The Hall–Kier alpha value is -3.92. The number of carbonyl (C=O) groups excluding carboxylic acids is 1. The van der Waals surface area contributed by atoms with Crippen molar-refractivity contribution in [3.63, 3.8) is 0 Å². The first-order valence-corrected chi connectivity index (χ1v) is 15.6. The first kappa shape index (κ1) is 29.6.